The summed E-state index contributed by atoms with van der Waals surface area (Å²) < 4.78 is 0. The number of fused-ring (bicyclic) bond motifs is 1. The molecule has 0 spiro atoms. The van der Waals surface area contributed by atoms with Crippen molar-refractivity contribution in [3.63, 3.8) is 0 Å². The van der Waals surface area contributed by atoms with Crippen LogP contribution in [0.5, 0.6) is 0 Å². The fraction of sp³-hybridized carbons (Fsp3) is 0.429. The minimum atomic E-state index is -0.618. The monoisotopic (exact) mass is 352 g/mol. The first-order valence-electron chi connectivity index (χ1n) is 8.90. The Bertz CT molecular complexity index is 805. The molecule has 0 radical (unpaired) electrons. The summed E-state index contributed by atoms with van der Waals surface area (Å²) in [7, 11) is 1.80. The Balaban J connectivity index is 1.73. The van der Waals surface area contributed by atoms with Crippen LogP contribution in [0.3, 0.4) is 0 Å². The molecular formula is C21H24N2OS. The number of carbonyl (C=O) groups excluding carboxylic acids is 1. The van der Waals surface area contributed by atoms with Crippen molar-refractivity contribution in [3.8, 4) is 6.07 Å². The maximum atomic E-state index is 12.9. The lowest BCUT2D eigenvalue weighted by molar-refractivity contribution is -0.133. The van der Waals surface area contributed by atoms with Crippen LogP contribution in [0, 0.1) is 11.3 Å². The molecule has 3 nitrogen and oxygen atoms in total. The summed E-state index contributed by atoms with van der Waals surface area (Å²) in [6, 6.07) is 17.0. The van der Waals surface area contributed by atoms with E-state index in [0.717, 1.165) is 37.0 Å². The van der Waals surface area contributed by atoms with E-state index in [1.807, 2.05) is 19.1 Å². The molecule has 0 unspecified atom stereocenters. The molecule has 0 aliphatic heterocycles. The van der Waals surface area contributed by atoms with Crippen LogP contribution in [-0.4, -0.2) is 28.6 Å². The first-order valence-corrected chi connectivity index (χ1v) is 9.78. The number of rotatable bonds is 4. The lowest BCUT2D eigenvalue weighted by Gasteiger charge is -2.40. The van der Waals surface area contributed by atoms with E-state index in [9.17, 15) is 10.1 Å². The zero-order chi connectivity index (χ0) is 17.9. The Kier molecular flexibility index (Phi) is 5.34. The number of nitriles is 1. The molecule has 0 N–H and O–H groups in total. The molecule has 0 saturated heterocycles. The number of nitrogens with zero attached hydrogens (tertiary/aromatic N) is 2. The van der Waals surface area contributed by atoms with Gasteiger partial charge in [0.25, 0.3) is 0 Å². The van der Waals surface area contributed by atoms with Crippen LogP contribution >= 0.6 is 11.8 Å². The summed E-state index contributed by atoms with van der Waals surface area (Å²) in [5.74, 6) is 0.0432. The van der Waals surface area contributed by atoms with Gasteiger partial charge in [0.2, 0.25) is 5.91 Å². The average Bonchev–Trinajstić information content (AvgIpc) is 2.67. The fourth-order valence-corrected chi connectivity index (χ4v) is 4.65. The fourth-order valence-electron chi connectivity index (χ4n) is 3.64. The molecule has 2 aromatic carbocycles. The Labute approximate surface area is 154 Å². The van der Waals surface area contributed by atoms with Gasteiger partial charge in [-0.3, -0.25) is 4.79 Å². The number of hydrogen-bond acceptors (Lipinski definition) is 3. The molecule has 130 valence electrons. The second-order valence-electron chi connectivity index (χ2n) is 6.87. The topological polar surface area (TPSA) is 44.1 Å². The Morgan fingerprint density at radius 1 is 1.16 bits per heavy atom. The number of hydrogen-bond donors (Lipinski definition) is 0. The van der Waals surface area contributed by atoms with Crippen molar-refractivity contribution < 1.29 is 4.79 Å². The number of carbonyl (C=O) groups is 1. The molecule has 1 fully saturated rings. The third-order valence-electron chi connectivity index (χ3n) is 5.24. The normalized spacial score (nSPS) is 17.6. The van der Waals surface area contributed by atoms with Crippen LogP contribution < -0.4 is 0 Å². The van der Waals surface area contributed by atoms with Crippen LogP contribution in [0.1, 0.15) is 39.0 Å². The van der Waals surface area contributed by atoms with Crippen LogP contribution in [0.15, 0.2) is 47.4 Å². The van der Waals surface area contributed by atoms with E-state index in [-0.39, 0.29) is 11.2 Å². The number of thioether (sulfide) groups is 1. The van der Waals surface area contributed by atoms with Crippen LogP contribution in [0.25, 0.3) is 10.8 Å². The van der Waals surface area contributed by atoms with Crippen molar-refractivity contribution in [1.29, 1.82) is 5.26 Å². The molecule has 1 aliphatic rings. The molecule has 1 saturated carbocycles. The van der Waals surface area contributed by atoms with E-state index in [4.69, 9.17) is 0 Å². The third kappa shape index (κ3) is 3.67. The minimum absolute atomic E-state index is 0.0432. The van der Waals surface area contributed by atoms with Crippen molar-refractivity contribution >= 4 is 28.4 Å². The largest absolute Gasteiger partial charge is 0.326 e. The summed E-state index contributed by atoms with van der Waals surface area (Å²) in [4.78, 5) is 15.7. The van der Waals surface area contributed by atoms with Crippen LogP contribution in [0.4, 0.5) is 0 Å². The van der Waals surface area contributed by atoms with Gasteiger partial charge in [-0.1, -0.05) is 49.6 Å². The molecule has 25 heavy (non-hydrogen) atoms. The SMILES string of the molecule is C[C@H](Sc1ccc2ccccc2c1)C(=O)N(C)C1(C#N)CCCCC1. The standard InChI is InChI=1S/C21H24N2OS/c1-16(20(24)23(2)21(15-22)12-6-3-7-13-21)25-19-11-10-17-8-4-5-9-18(17)14-19/h4-5,8-11,14,16H,3,6-7,12-13H2,1-2H3/t16-/m0/s1. The zero-order valence-electron chi connectivity index (χ0n) is 14.9. The van der Waals surface area contributed by atoms with Crippen molar-refractivity contribution in [2.45, 2.75) is 54.7 Å². The van der Waals surface area contributed by atoms with E-state index in [1.54, 1.807) is 23.7 Å². The minimum Gasteiger partial charge on any atom is -0.326 e. The highest BCUT2D eigenvalue weighted by Crippen LogP contribution is 2.35. The lowest BCUT2D eigenvalue weighted by Crippen LogP contribution is -2.52. The molecular weight excluding hydrogens is 328 g/mol. The highest BCUT2D eigenvalue weighted by molar-refractivity contribution is 8.00. The van der Waals surface area contributed by atoms with Crippen molar-refractivity contribution in [1.82, 2.24) is 4.90 Å². The van der Waals surface area contributed by atoms with Gasteiger partial charge in [0.1, 0.15) is 5.54 Å². The van der Waals surface area contributed by atoms with Gasteiger partial charge in [-0.15, -0.1) is 11.8 Å². The molecule has 0 heterocycles. The second-order valence-corrected chi connectivity index (χ2v) is 8.28. The molecule has 1 aliphatic carbocycles. The van der Waals surface area contributed by atoms with Crippen molar-refractivity contribution in [2.24, 2.45) is 0 Å². The summed E-state index contributed by atoms with van der Waals surface area (Å²) in [6.45, 7) is 1.94. The van der Waals surface area contributed by atoms with Crippen LogP contribution in [0.2, 0.25) is 0 Å². The summed E-state index contributed by atoms with van der Waals surface area (Å²) in [5, 5.41) is 11.9. The van der Waals surface area contributed by atoms with E-state index >= 15 is 0 Å². The Morgan fingerprint density at radius 3 is 2.52 bits per heavy atom. The molecule has 2 aromatic rings. The quantitative estimate of drug-likeness (QED) is 0.727. The predicted octanol–water partition coefficient (Wildman–Crippen LogP) is 5.01. The second kappa shape index (κ2) is 7.49. The van der Waals surface area contributed by atoms with E-state index < -0.39 is 5.54 Å². The smallest absolute Gasteiger partial charge is 0.236 e. The maximum Gasteiger partial charge on any atom is 0.236 e. The first-order chi connectivity index (χ1) is 12.1. The summed E-state index contributed by atoms with van der Waals surface area (Å²) >= 11 is 1.57. The van der Waals surface area contributed by atoms with Gasteiger partial charge in [-0.05, 0) is 42.7 Å². The highest BCUT2D eigenvalue weighted by atomic mass is 32.2. The highest BCUT2D eigenvalue weighted by Gasteiger charge is 2.40. The van der Waals surface area contributed by atoms with Crippen molar-refractivity contribution in [2.75, 3.05) is 7.05 Å². The van der Waals surface area contributed by atoms with E-state index in [0.29, 0.717) is 0 Å². The third-order valence-corrected chi connectivity index (χ3v) is 6.32. The maximum absolute atomic E-state index is 12.9. The zero-order valence-corrected chi connectivity index (χ0v) is 15.7. The Morgan fingerprint density at radius 2 is 1.84 bits per heavy atom. The van der Waals surface area contributed by atoms with Gasteiger partial charge >= 0.3 is 0 Å². The van der Waals surface area contributed by atoms with Gasteiger partial charge in [0.15, 0.2) is 0 Å². The molecule has 3 rings (SSSR count). The van der Waals surface area contributed by atoms with Crippen molar-refractivity contribution in [3.05, 3.63) is 42.5 Å². The lowest BCUT2D eigenvalue weighted by atomic mass is 9.81. The number of amides is 1. The van der Waals surface area contributed by atoms with Gasteiger partial charge in [0.05, 0.1) is 11.3 Å². The van der Waals surface area contributed by atoms with E-state index in [1.165, 1.54) is 10.8 Å². The molecule has 0 aromatic heterocycles. The summed E-state index contributed by atoms with van der Waals surface area (Å²) in [5.41, 5.74) is -0.618. The van der Waals surface area contributed by atoms with Gasteiger partial charge in [0, 0.05) is 11.9 Å². The molecule has 1 amide bonds. The molecule has 1 atom stereocenters. The molecule has 4 heteroatoms. The van der Waals surface area contributed by atoms with Gasteiger partial charge in [-0.25, -0.2) is 0 Å². The van der Waals surface area contributed by atoms with Gasteiger partial charge < -0.3 is 4.90 Å². The summed E-state index contributed by atoms with van der Waals surface area (Å²) in [6.07, 6.45) is 4.79. The van der Waals surface area contributed by atoms with Crippen LogP contribution in [-0.2, 0) is 4.79 Å². The predicted molar refractivity (Wildman–Crippen MR) is 103 cm³/mol. The number of benzene rings is 2. The Hall–Kier alpha value is -1.99. The average molecular weight is 353 g/mol. The molecule has 0 bridgehead atoms. The first kappa shape index (κ1) is 17.8. The van der Waals surface area contributed by atoms with Gasteiger partial charge in [-0.2, -0.15) is 5.26 Å². The van der Waals surface area contributed by atoms with E-state index in [2.05, 4.69) is 36.4 Å².